The maximum Gasteiger partial charge on any atom is 0.332 e. The maximum absolute atomic E-state index is 12.4. The summed E-state index contributed by atoms with van der Waals surface area (Å²) in [6, 6.07) is 0. The van der Waals surface area contributed by atoms with Gasteiger partial charge in [-0.15, -0.1) is 0 Å². The molecule has 0 radical (unpaired) electrons. The molecule has 2 heterocycles. The minimum atomic E-state index is -0.679. The topological polar surface area (TPSA) is 92.9 Å². The van der Waals surface area contributed by atoms with Gasteiger partial charge in [0.2, 0.25) is 0 Å². The molecule has 0 bridgehead atoms. The average molecular weight is 308 g/mol. The van der Waals surface area contributed by atoms with Crippen molar-refractivity contribution in [3.63, 3.8) is 0 Å². The Hall–Kier alpha value is -1.89. The van der Waals surface area contributed by atoms with E-state index in [1.54, 1.807) is 6.92 Å². The van der Waals surface area contributed by atoms with Crippen molar-refractivity contribution in [2.24, 2.45) is 0 Å². The number of rotatable bonds is 7. The smallest absolute Gasteiger partial charge is 0.332 e. The van der Waals surface area contributed by atoms with Crippen LogP contribution in [0, 0.1) is 0 Å². The first-order valence-corrected chi connectivity index (χ1v) is 7.80. The summed E-state index contributed by atoms with van der Waals surface area (Å²) in [5.74, 6) is 0. The molecule has 7 nitrogen and oxygen atoms in total. The highest BCUT2D eigenvalue weighted by molar-refractivity contribution is 5.68. The minimum Gasteiger partial charge on any atom is -0.390 e. The lowest BCUT2D eigenvalue weighted by molar-refractivity contribution is 0.0440. The molecule has 0 saturated carbocycles. The van der Waals surface area contributed by atoms with E-state index in [1.165, 1.54) is 15.5 Å². The van der Waals surface area contributed by atoms with Crippen molar-refractivity contribution in [3.8, 4) is 0 Å². The summed E-state index contributed by atoms with van der Waals surface area (Å²) in [5.41, 5.74) is -0.564. The molecule has 2 rings (SSSR count). The van der Waals surface area contributed by atoms with Gasteiger partial charge >= 0.3 is 5.69 Å². The molecule has 0 aliphatic rings. The Morgan fingerprint density at radius 2 is 2.00 bits per heavy atom. The normalized spacial score (nSPS) is 14.4. The molecule has 0 aromatic carbocycles. The van der Waals surface area contributed by atoms with Crippen LogP contribution in [0.5, 0.6) is 0 Å². The molecule has 7 heteroatoms. The van der Waals surface area contributed by atoms with Crippen molar-refractivity contribution in [3.05, 3.63) is 27.2 Å². The summed E-state index contributed by atoms with van der Waals surface area (Å²) in [6.45, 7) is 6.41. The van der Waals surface area contributed by atoms with Crippen LogP contribution in [0.4, 0.5) is 0 Å². The average Bonchev–Trinajstić information content (AvgIpc) is 2.96. The summed E-state index contributed by atoms with van der Waals surface area (Å²) in [7, 11) is 0. The summed E-state index contributed by atoms with van der Waals surface area (Å²) in [5, 5.41) is 9.98. The summed E-state index contributed by atoms with van der Waals surface area (Å²) >= 11 is 0. The molecule has 2 N–H and O–H groups in total. The van der Waals surface area contributed by atoms with Gasteiger partial charge in [0.05, 0.1) is 11.9 Å². The number of unbranched alkanes of at least 4 members (excludes halogenated alkanes) is 1. The van der Waals surface area contributed by atoms with Crippen molar-refractivity contribution in [2.45, 2.75) is 65.1 Å². The molecule has 1 atom stereocenters. The highest BCUT2D eigenvalue weighted by Crippen LogP contribution is 2.17. The van der Waals surface area contributed by atoms with Gasteiger partial charge in [0.1, 0.15) is 5.52 Å². The van der Waals surface area contributed by atoms with E-state index in [4.69, 9.17) is 0 Å². The molecule has 122 valence electrons. The lowest BCUT2D eigenvalue weighted by Crippen LogP contribution is -2.40. The van der Waals surface area contributed by atoms with Crippen LogP contribution in [-0.2, 0) is 13.1 Å². The predicted molar refractivity (Wildman–Crippen MR) is 85.1 cm³/mol. The van der Waals surface area contributed by atoms with Gasteiger partial charge < -0.3 is 10.1 Å². The molecule has 0 aliphatic heterocycles. The molecule has 0 saturated heterocycles. The number of H-pyrrole nitrogens is 1. The Morgan fingerprint density at radius 3 is 2.64 bits per heavy atom. The predicted octanol–water partition coefficient (Wildman–Crippen LogP) is 1.24. The quantitative estimate of drug-likeness (QED) is 0.753. The number of imidazole rings is 1. The number of nitrogens with zero attached hydrogens (tertiary/aromatic N) is 3. The second-order valence-electron chi connectivity index (χ2n) is 5.89. The zero-order valence-electron chi connectivity index (χ0n) is 13.4. The number of fused-ring (bicyclic) bond motifs is 1. The number of hydrogen-bond acceptors (Lipinski definition) is 4. The number of nitrogens with one attached hydrogen (secondary N) is 1. The van der Waals surface area contributed by atoms with Gasteiger partial charge in [-0.05, 0) is 39.5 Å². The summed E-state index contributed by atoms with van der Waals surface area (Å²) < 4.78 is 2.75. The lowest BCUT2D eigenvalue weighted by Gasteiger charge is -2.20. The van der Waals surface area contributed by atoms with Crippen LogP contribution in [0.2, 0.25) is 0 Å². The Labute approximate surface area is 128 Å². The van der Waals surface area contributed by atoms with Crippen molar-refractivity contribution < 1.29 is 5.11 Å². The van der Waals surface area contributed by atoms with E-state index in [9.17, 15) is 14.7 Å². The fourth-order valence-corrected chi connectivity index (χ4v) is 2.54. The first-order chi connectivity index (χ1) is 10.4. The van der Waals surface area contributed by atoms with Gasteiger partial charge in [0, 0.05) is 13.1 Å². The van der Waals surface area contributed by atoms with Crippen LogP contribution >= 0.6 is 0 Å². The van der Waals surface area contributed by atoms with Crippen LogP contribution < -0.4 is 11.2 Å². The van der Waals surface area contributed by atoms with E-state index in [0.29, 0.717) is 43.5 Å². The van der Waals surface area contributed by atoms with Crippen molar-refractivity contribution in [2.75, 3.05) is 0 Å². The standard InChI is InChI=1S/C15H24N4O3/c1-4-15(3,22)8-6-7-9-19-13(20)11-12(17-10-16-11)18(5-2)14(19)21/h10,22H,4-9H2,1-3H3,(H,16,17). The molecular formula is C15H24N4O3. The monoisotopic (exact) mass is 308 g/mol. The Morgan fingerprint density at radius 1 is 1.27 bits per heavy atom. The van der Waals surface area contributed by atoms with Gasteiger partial charge in [-0.3, -0.25) is 13.9 Å². The number of aliphatic hydroxyl groups is 1. The maximum atomic E-state index is 12.4. The highest BCUT2D eigenvalue weighted by Gasteiger charge is 2.17. The first-order valence-electron chi connectivity index (χ1n) is 7.80. The fraction of sp³-hybridized carbons (Fsp3) is 0.667. The summed E-state index contributed by atoms with van der Waals surface area (Å²) in [4.78, 5) is 31.6. The molecule has 0 amide bonds. The first kappa shape index (κ1) is 16.5. The summed E-state index contributed by atoms with van der Waals surface area (Å²) in [6.07, 6.45) is 4.22. The van der Waals surface area contributed by atoms with Crippen molar-refractivity contribution >= 4 is 11.2 Å². The largest absolute Gasteiger partial charge is 0.390 e. The lowest BCUT2D eigenvalue weighted by atomic mass is 9.96. The fourth-order valence-electron chi connectivity index (χ4n) is 2.54. The molecule has 0 fully saturated rings. The van der Waals surface area contributed by atoms with Gasteiger partial charge in [0.15, 0.2) is 5.65 Å². The highest BCUT2D eigenvalue weighted by atomic mass is 16.3. The van der Waals surface area contributed by atoms with E-state index < -0.39 is 5.60 Å². The van der Waals surface area contributed by atoms with Crippen molar-refractivity contribution in [1.29, 1.82) is 0 Å². The SMILES string of the molecule is CCn1c(=O)n(CCCCC(C)(O)CC)c(=O)c2[nH]cnc21. The third-order valence-corrected chi connectivity index (χ3v) is 4.22. The van der Waals surface area contributed by atoms with Crippen LogP contribution in [0.15, 0.2) is 15.9 Å². The Kier molecular flexibility index (Phi) is 4.85. The molecule has 0 aliphatic carbocycles. The van der Waals surface area contributed by atoms with E-state index >= 15 is 0 Å². The van der Waals surface area contributed by atoms with Gasteiger partial charge in [0.25, 0.3) is 5.56 Å². The zero-order valence-corrected chi connectivity index (χ0v) is 13.4. The molecule has 0 spiro atoms. The van der Waals surface area contributed by atoms with Gasteiger partial charge in [-0.2, -0.15) is 0 Å². The van der Waals surface area contributed by atoms with Crippen LogP contribution in [-0.4, -0.2) is 29.8 Å². The molecular weight excluding hydrogens is 284 g/mol. The number of aromatic amines is 1. The van der Waals surface area contributed by atoms with Gasteiger partial charge in [-0.25, -0.2) is 9.78 Å². The number of aromatic nitrogens is 4. The van der Waals surface area contributed by atoms with E-state index in [2.05, 4.69) is 9.97 Å². The van der Waals surface area contributed by atoms with E-state index in [1.807, 2.05) is 13.8 Å². The second kappa shape index (κ2) is 6.48. The third kappa shape index (κ3) is 3.14. The van der Waals surface area contributed by atoms with Crippen LogP contribution in [0.25, 0.3) is 11.2 Å². The minimum absolute atomic E-state index is 0.325. The van der Waals surface area contributed by atoms with Crippen molar-refractivity contribution in [1.82, 2.24) is 19.1 Å². The number of hydrogen-bond donors (Lipinski definition) is 2. The Balaban J connectivity index is 2.21. The van der Waals surface area contributed by atoms with Gasteiger partial charge in [-0.1, -0.05) is 6.92 Å². The van der Waals surface area contributed by atoms with E-state index in [-0.39, 0.29) is 11.2 Å². The van der Waals surface area contributed by atoms with E-state index in [0.717, 1.165) is 6.42 Å². The third-order valence-electron chi connectivity index (χ3n) is 4.22. The Bertz CT molecular complexity index is 754. The zero-order chi connectivity index (χ0) is 16.3. The second-order valence-corrected chi connectivity index (χ2v) is 5.89. The molecule has 2 aromatic heterocycles. The van der Waals surface area contributed by atoms with Crippen LogP contribution in [0.1, 0.15) is 46.5 Å². The molecule has 22 heavy (non-hydrogen) atoms. The number of aryl methyl sites for hydroxylation is 1. The molecule has 2 aromatic rings. The molecule has 1 unspecified atom stereocenters. The van der Waals surface area contributed by atoms with Crippen LogP contribution in [0.3, 0.4) is 0 Å².